The van der Waals surface area contributed by atoms with Crippen LogP contribution in [0.5, 0.6) is 0 Å². The molecule has 0 spiro atoms. The van der Waals surface area contributed by atoms with Crippen LogP contribution in [-0.4, -0.2) is 32.7 Å². The molecular formula is C12H16N2O5. The molecule has 1 rings (SSSR count). The molecule has 0 saturated carbocycles. The van der Waals surface area contributed by atoms with Crippen LogP contribution in [0.4, 0.5) is 11.4 Å². The topological polar surface area (TPSA) is 113 Å². The van der Waals surface area contributed by atoms with Gasteiger partial charge in [0.05, 0.1) is 22.1 Å². The number of benzene rings is 1. The van der Waals surface area contributed by atoms with Crippen molar-refractivity contribution < 1.29 is 19.9 Å². The Labute approximate surface area is 110 Å². The summed E-state index contributed by atoms with van der Waals surface area (Å²) >= 11 is 0. The zero-order chi connectivity index (χ0) is 14.8. The van der Waals surface area contributed by atoms with Crippen LogP contribution in [0, 0.1) is 10.1 Å². The summed E-state index contributed by atoms with van der Waals surface area (Å²) in [6.45, 7) is 4.86. The van der Waals surface area contributed by atoms with Crippen molar-refractivity contribution in [2.75, 3.05) is 5.32 Å². The first-order chi connectivity index (χ1) is 8.65. The van der Waals surface area contributed by atoms with Crippen LogP contribution in [0.15, 0.2) is 18.2 Å². The summed E-state index contributed by atoms with van der Waals surface area (Å²) in [6, 6.07) is 3.48. The lowest BCUT2D eigenvalue weighted by Crippen LogP contribution is -2.42. The summed E-state index contributed by atoms with van der Waals surface area (Å²) in [4.78, 5) is 21.2. The van der Waals surface area contributed by atoms with Crippen LogP contribution < -0.4 is 5.32 Å². The van der Waals surface area contributed by atoms with Crippen molar-refractivity contribution in [1.82, 2.24) is 0 Å². The summed E-state index contributed by atoms with van der Waals surface area (Å²) in [5, 5.41) is 32.2. The lowest BCUT2D eigenvalue weighted by atomic mass is 9.98. The molecule has 0 saturated heterocycles. The molecule has 7 heteroatoms. The molecule has 0 radical (unpaired) electrons. The molecule has 7 nitrogen and oxygen atoms in total. The minimum Gasteiger partial charge on any atom is -0.478 e. The van der Waals surface area contributed by atoms with Gasteiger partial charge in [0.15, 0.2) is 0 Å². The minimum atomic E-state index is -1.17. The summed E-state index contributed by atoms with van der Waals surface area (Å²) < 4.78 is 0. The van der Waals surface area contributed by atoms with E-state index in [1.165, 1.54) is 12.1 Å². The third-order valence-electron chi connectivity index (χ3n) is 2.94. The number of aliphatic hydroxyl groups excluding tert-OH is 1. The fourth-order valence-corrected chi connectivity index (χ4v) is 1.38. The number of carbonyl (C=O) groups is 1. The first kappa shape index (κ1) is 14.9. The Kier molecular flexibility index (Phi) is 4.10. The van der Waals surface area contributed by atoms with Crippen molar-refractivity contribution in [3.8, 4) is 0 Å². The van der Waals surface area contributed by atoms with Gasteiger partial charge in [0.1, 0.15) is 5.69 Å². The van der Waals surface area contributed by atoms with Crippen molar-refractivity contribution in [3.05, 3.63) is 33.9 Å². The molecule has 0 aliphatic heterocycles. The molecule has 3 N–H and O–H groups in total. The highest BCUT2D eigenvalue weighted by Crippen LogP contribution is 2.29. The number of aromatic carboxylic acids is 1. The maximum Gasteiger partial charge on any atom is 0.335 e. The standard InChI is InChI=1S/C12H16N2O5/c1-7(15)12(2,3)13-9-6-8(11(16)17)4-5-10(9)14(18)19/h4-7,13,15H,1-3H3,(H,16,17). The van der Waals surface area contributed by atoms with E-state index in [1.807, 2.05) is 0 Å². The van der Waals surface area contributed by atoms with Crippen LogP contribution in [0.1, 0.15) is 31.1 Å². The van der Waals surface area contributed by atoms with Gasteiger partial charge in [-0.05, 0) is 32.9 Å². The number of carboxylic acid groups (broad SMARTS) is 1. The predicted octanol–water partition coefficient (Wildman–Crippen LogP) is 1.86. The maximum absolute atomic E-state index is 10.9. The van der Waals surface area contributed by atoms with Gasteiger partial charge in [0.25, 0.3) is 5.69 Å². The molecule has 1 atom stereocenters. The molecule has 0 aromatic heterocycles. The number of carboxylic acids is 1. The number of nitrogens with zero attached hydrogens (tertiary/aromatic N) is 1. The van der Waals surface area contributed by atoms with Crippen molar-refractivity contribution in [2.45, 2.75) is 32.4 Å². The van der Waals surface area contributed by atoms with Gasteiger partial charge >= 0.3 is 5.97 Å². The van der Waals surface area contributed by atoms with E-state index in [9.17, 15) is 20.0 Å². The van der Waals surface area contributed by atoms with Crippen LogP contribution in [0.25, 0.3) is 0 Å². The van der Waals surface area contributed by atoms with Gasteiger partial charge in [0, 0.05) is 6.07 Å². The van der Waals surface area contributed by atoms with Gasteiger partial charge in [-0.2, -0.15) is 0 Å². The Morgan fingerprint density at radius 2 is 2.05 bits per heavy atom. The van der Waals surface area contributed by atoms with Crippen molar-refractivity contribution in [3.63, 3.8) is 0 Å². The highest BCUT2D eigenvalue weighted by atomic mass is 16.6. The summed E-state index contributed by atoms with van der Waals surface area (Å²) in [5.74, 6) is -1.17. The van der Waals surface area contributed by atoms with E-state index in [0.29, 0.717) is 0 Å². The zero-order valence-corrected chi connectivity index (χ0v) is 10.9. The molecule has 104 valence electrons. The molecule has 0 aliphatic carbocycles. The molecule has 1 aromatic rings. The summed E-state index contributed by atoms with van der Waals surface area (Å²) in [5.41, 5.74) is -1.06. The minimum absolute atomic E-state index is 0.0607. The number of rotatable bonds is 5. The third-order valence-corrected chi connectivity index (χ3v) is 2.94. The molecular weight excluding hydrogens is 252 g/mol. The van der Waals surface area contributed by atoms with Crippen molar-refractivity contribution >= 4 is 17.3 Å². The van der Waals surface area contributed by atoms with Crippen LogP contribution in [0.3, 0.4) is 0 Å². The quantitative estimate of drug-likeness (QED) is 0.555. The van der Waals surface area contributed by atoms with Crippen molar-refractivity contribution in [2.24, 2.45) is 0 Å². The maximum atomic E-state index is 10.9. The molecule has 0 fully saturated rings. The number of nitrogens with one attached hydrogen (secondary N) is 1. The predicted molar refractivity (Wildman–Crippen MR) is 69.4 cm³/mol. The molecule has 0 bridgehead atoms. The zero-order valence-electron chi connectivity index (χ0n) is 10.9. The lowest BCUT2D eigenvalue weighted by molar-refractivity contribution is -0.384. The first-order valence-electron chi connectivity index (χ1n) is 5.63. The second-order valence-electron chi connectivity index (χ2n) is 4.82. The van der Waals surface area contributed by atoms with E-state index in [1.54, 1.807) is 20.8 Å². The average Bonchev–Trinajstić information content (AvgIpc) is 2.27. The third kappa shape index (κ3) is 3.41. The fraction of sp³-hybridized carbons (Fsp3) is 0.417. The monoisotopic (exact) mass is 268 g/mol. The fourth-order valence-electron chi connectivity index (χ4n) is 1.38. The molecule has 0 amide bonds. The van der Waals surface area contributed by atoms with Crippen LogP contribution in [-0.2, 0) is 0 Å². The van der Waals surface area contributed by atoms with Gasteiger partial charge < -0.3 is 15.5 Å². The van der Waals surface area contributed by atoms with Crippen LogP contribution in [0.2, 0.25) is 0 Å². The van der Waals surface area contributed by atoms with Gasteiger partial charge in [-0.3, -0.25) is 10.1 Å². The smallest absolute Gasteiger partial charge is 0.335 e. The van der Waals surface area contributed by atoms with E-state index in [2.05, 4.69) is 5.32 Å². The molecule has 0 aliphatic rings. The van der Waals surface area contributed by atoms with Gasteiger partial charge in [-0.15, -0.1) is 0 Å². The Balaban J connectivity index is 3.26. The molecule has 19 heavy (non-hydrogen) atoms. The van der Waals surface area contributed by atoms with E-state index in [0.717, 1.165) is 6.07 Å². The van der Waals surface area contributed by atoms with E-state index in [-0.39, 0.29) is 16.9 Å². The Hall–Kier alpha value is -2.15. The number of anilines is 1. The number of hydrogen-bond donors (Lipinski definition) is 3. The number of hydrogen-bond acceptors (Lipinski definition) is 5. The Morgan fingerprint density at radius 3 is 2.47 bits per heavy atom. The Bertz CT molecular complexity index is 511. The largest absolute Gasteiger partial charge is 0.478 e. The normalized spacial score (nSPS) is 12.8. The second-order valence-corrected chi connectivity index (χ2v) is 4.82. The molecule has 1 aromatic carbocycles. The number of aliphatic hydroxyl groups is 1. The molecule has 1 unspecified atom stereocenters. The first-order valence-corrected chi connectivity index (χ1v) is 5.63. The number of nitro benzene ring substituents is 1. The second kappa shape index (κ2) is 5.23. The van der Waals surface area contributed by atoms with E-state index >= 15 is 0 Å². The highest BCUT2D eigenvalue weighted by Gasteiger charge is 2.27. The van der Waals surface area contributed by atoms with Crippen LogP contribution >= 0.6 is 0 Å². The van der Waals surface area contributed by atoms with E-state index < -0.39 is 22.5 Å². The summed E-state index contributed by atoms with van der Waals surface area (Å²) in [7, 11) is 0. The van der Waals surface area contributed by atoms with Gasteiger partial charge in [-0.1, -0.05) is 0 Å². The lowest BCUT2D eigenvalue weighted by Gasteiger charge is -2.30. The van der Waals surface area contributed by atoms with E-state index in [4.69, 9.17) is 5.11 Å². The molecule has 0 heterocycles. The van der Waals surface area contributed by atoms with Crippen molar-refractivity contribution in [1.29, 1.82) is 0 Å². The number of nitro groups is 1. The summed E-state index contributed by atoms with van der Waals surface area (Å²) in [6.07, 6.45) is -0.777. The van der Waals surface area contributed by atoms with Gasteiger partial charge in [0.2, 0.25) is 0 Å². The SMILES string of the molecule is CC(O)C(C)(C)Nc1cc(C(=O)O)ccc1[N+](=O)[O-]. The van der Waals surface area contributed by atoms with Gasteiger partial charge in [-0.25, -0.2) is 4.79 Å². The average molecular weight is 268 g/mol. The highest BCUT2D eigenvalue weighted by molar-refractivity contribution is 5.90. The Morgan fingerprint density at radius 1 is 1.47 bits per heavy atom.